The number of allylic oxidation sites excluding steroid dienone is 3. The predicted molar refractivity (Wildman–Crippen MR) is 118 cm³/mol. The Kier molecular flexibility index (Phi) is 5.12. The maximum absolute atomic E-state index is 13.2. The Morgan fingerprint density at radius 1 is 1.18 bits per heavy atom. The van der Waals surface area contributed by atoms with E-state index >= 15 is 0 Å². The summed E-state index contributed by atoms with van der Waals surface area (Å²) in [7, 11) is 1.81. The summed E-state index contributed by atoms with van der Waals surface area (Å²) < 4.78 is 3.74. The molecule has 0 radical (unpaired) electrons. The van der Waals surface area contributed by atoms with Gasteiger partial charge in [0.05, 0.1) is 16.3 Å². The molecule has 2 heterocycles. The number of amides is 1. The minimum Gasteiger partial charge on any atom is -0.283 e. The van der Waals surface area contributed by atoms with Crippen molar-refractivity contribution in [1.29, 1.82) is 0 Å². The lowest BCUT2D eigenvalue weighted by Gasteiger charge is -2.14. The van der Waals surface area contributed by atoms with Crippen molar-refractivity contribution in [2.24, 2.45) is 13.0 Å². The normalized spacial score (nSPS) is 21.1. The highest BCUT2D eigenvalue weighted by molar-refractivity contribution is 8.27. The van der Waals surface area contributed by atoms with E-state index in [1.165, 1.54) is 16.7 Å². The molecule has 1 aromatic heterocycles. The fourth-order valence-electron chi connectivity index (χ4n) is 3.67. The molecule has 0 bridgehead atoms. The number of anilines is 1. The topological polar surface area (TPSA) is 47.2 Å². The third-order valence-electron chi connectivity index (χ3n) is 5.24. The van der Waals surface area contributed by atoms with Gasteiger partial charge >= 0.3 is 0 Å². The number of nitrogens with zero attached hydrogens (tertiary/aromatic N) is 3. The number of para-hydroxylation sites is 1. The number of hydrogen-bond acceptors (Lipinski definition) is 4. The molecule has 1 unspecified atom stereocenters. The number of carbonyl (C=O) groups excluding carboxylic acids is 1. The molecular formula is C21H21N3O2S2. The van der Waals surface area contributed by atoms with Crippen LogP contribution in [0, 0.1) is 12.8 Å². The Labute approximate surface area is 173 Å². The van der Waals surface area contributed by atoms with Crippen LogP contribution in [0.5, 0.6) is 0 Å². The van der Waals surface area contributed by atoms with Crippen molar-refractivity contribution < 1.29 is 4.79 Å². The molecule has 0 N–H and O–H groups in total. The molecule has 1 aromatic carbocycles. The zero-order valence-corrected chi connectivity index (χ0v) is 17.4. The number of thioether (sulfide) groups is 1. The van der Waals surface area contributed by atoms with Crippen LogP contribution in [0.1, 0.15) is 25.0 Å². The second-order valence-corrected chi connectivity index (χ2v) is 8.67. The summed E-state index contributed by atoms with van der Waals surface area (Å²) in [6.45, 7) is 1.84. The number of aromatic nitrogens is 2. The number of benzene rings is 1. The van der Waals surface area contributed by atoms with Crippen LogP contribution in [0.15, 0.2) is 58.3 Å². The monoisotopic (exact) mass is 411 g/mol. The van der Waals surface area contributed by atoms with E-state index in [0.29, 0.717) is 26.5 Å². The van der Waals surface area contributed by atoms with Crippen molar-refractivity contribution in [3.63, 3.8) is 0 Å². The summed E-state index contributed by atoms with van der Waals surface area (Å²) in [6.07, 6.45) is 9.36. The summed E-state index contributed by atoms with van der Waals surface area (Å²) in [5.41, 5.74) is 1.54. The van der Waals surface area contributed by atoms with E-state index in [0.717, 1.165) is 24.9 Å². The van der Waals surface area contributed by atoms with Crippen molar-refractivity contribution in [2.45, 2.75) is 26.2 Å². The van der Waals surface area contributed by atoms with Gasteiger partial charge in [0.15, 0.2) is 4.32 Å². The van der Waals surface area contributed by atoms with E-state index in [4.69, 9.17) is 12.2 Å². The zero-order valence-electron chi connectivity index (χ0n) is 15.8. The van der Waals surface area contributed by atoms with Gasteiger partial charge in [-0.3, -0.25) is 19.2 Å². The molecule has 1 amide bonds. The maximum Gasteiger partial charge on any atom is 0.296 e. The first kappa shape index (κ1) is 19.0. The Hall–Kier alpha value is -2.38. The number of carbonyl (C=O) groups is 1. The highest BCUT2D eigenvalue weighted by atomic mass is 32.2. The van der Waals surface area contributed by atoms with Gasteiger partial charge in [0.25, 0.3) is 11.5 Å². The lowest BCUT2D eigenvalue weighted by atomic mass is 9.94. The Morgan fingerprint density at radius 3 is 2.61 bits per heavy atom. The minimum absolute atomic E-state index is 0.199. The minimum atomic E-state index is -0.246. The number of hydrogen-bond donors (Lipinski definition) is 0. The molecule has 1 fully saturated rings. The highest BCUT2D eigenvalue weighted by Gasteiger charge is 2.38. The van der Waals surface area contributed by atoms with E-state index < -0.39 is 0 Å². The average Bonchev–Trinajstić information content (AvgIpc) is 3.09. The molecule has 144 valence electrons. The SMILES string of the molecule is Cc1c(N2C(=O)/C(=C/C3CC=CCC3)SC2=S)c(=O)n(-c2ccccc2)n1C. The van der Waals surface area contributed by atoms with Crippen molar-refractivity contribution in [1.82, 2.24) is 9.36 Å². The Bertz CT molecular complexity index is 1060. The fraction of sp³-hybridized carbons (Fsp3) is 0.286. The van der Waals surface area contributed by atoms with Gasteiger partial charge in [0, 0.05) is 7.05 Å². The molecular weight excluding hydrogens is 390 g/mol. The van der Waals surface area contributed by atoms with E-state index in [-0.39, 0.29) is 11.5 Å². The van der Waals surface area contributed by atoms with Gasteiger partial charge in [-0.15, -0.1) is 0 Å². The van der Waals surface area contributed by atoms with Crippen LogP contribution in [0.4, 0.5) is 5.69 Å². The van der Waals surface area contributed by atoms with Crippen LogP contribution in [0.25, 0.3) is 5.69 Å². The average molecular weight is 412 g/mol. The molecule has 7 heteroatoms. The van der Waals surface area contributed by atoms with E-state index in [2.05, 4.69) is 12.2 Å². The Balaban J connectivity index is 1.74. The van der Waals surface area contributed by atoms with Crippen LogP contribution in [0.2, 0.25) is 0 Å². The van der Waals surface area contributed by atoms with Gasteiger partial charge in [-0.2, -0.15) is 0 Å². The molecule has 5 nitrogen and oxygen atoms in total. The fourth-order valence-corrected chi connectivity index (χ4v) is 5.00. The molecule has 4 rings (SSSR count). The third kappa shape index (κ3) is 3.18. The highest BCUT2D eigenvalue weighted by Crippen LogP contribution is 2.37. The van der Waals surface area contributed by atoms with Gasteiger partial charge < -0.3 is 0 Å². The van der Waals surface area contributed by atoms with E-state index in [1.807, 2.05) is 50.4 Å². The number of thiocarbonyl (C=S) groups is 1. The maximum atomic E-state index is 13.2. The summed E-state index contributed by atoms with van der Waals surface area (Å²) in [5, 5.41) is 0. The number of rotatable bonds is 3. The van der Waals surface area contributed by atoms with Crippen molar-refractivity contribution >= 4 is 39.9 Å². The second-order valence-electron chi connectivity index (χ2n) is 6.99. The first-order valence-electron chi connectivity index (χ1n) is 9.26. The molecule has 0 spiro atoms. The lowest BCUT2D eigenvalue weighted by Crippen LogP contribution is -2.33. The molecule has 0 saturated carbocycles. The molecule has 1 atom stereocenters. The lowest BCUT2D eigenvalue weighted by molar-refractivity contribution is -0.113. The smallest absolute Gasteiger partial charge is 0.283 e. The largest absolute Gasteiger partial charge is 0.296 e. The molecule has 1 saturated heterocycles. The summed E-state index contributed by atoms with van der Waals surface area (Å²) >= 11 is 6.77. The predicted octanol–water partition coefficient (Wildman–Crippen LogP) is 4.09. The van der Waals surface area contributed by atoms with Crippen LogP contribution >= 0.6 is 24.0 Å². The summed E-state index contributed by atoms with van der Waals surface area (Å²) in [5.74, 6) is 0.146. The molecule has 28 heavy (non-hydrogen) atoms. The van der Waals surface area contributed by atoms with Crippen LogP contribution in [-0.2, 0) is 11.8 Å². The van der Waals surface area contributed by atoms with Gasteiger partial charge in [0.1, 0.15) is 5.69 Å². The Morgan fingerprint density at radius 2 is 1.93 bits per heavy atom. The zero-order chi connectivity index (χ0) is 19.8. The molecule has 1 aliphatic heterocycles. The second kappa shape index (κ2) is 7.56. The molecule has 2 aliphatic rings. The first-order chi connectivity index (χ1) is 13.5. The van der Waals surface area contributed by atoms with Crippen molar-refractivity contribution in [3.05, 3.63) is 69.5 Å². The van der Waals surface area contributed by atoms with Crippen LogP contribution < -0.4 is 10.5 Å². The first-order valence-corrected chi connectivity index (χ1v) is 10.5. The summed E-state index contributed by atoms with van der Waals surface area (Å²) in [6, 6.07) is 9.39. The van der Waals surface area contributed by atoms with Crippen LogP contribution in [-0.4, -0.2) is 19.6 Å². The van der Waals surface area contributed by atoms with E-state index in [1.54, 1.807) is 9.36 Å². The van der Waals surface area contributed by atoms with Crippen LogP contribution in [0.3, 0.4) is 0 Å². The van der Waals surface area contributed by atoms with Gasteiger partial charge in [-0.05, 0) is 44.2 Å². The van der Waals surface area contributed by atoms with Gasteiger partial charge in [-0.25, -0.2) is 4.68 Å². The van der Waals surface area contributed by atoms with Crippen molar-refractivity contribution in [2.75, 3.05) is 4.90 Å². The summed E-state index contributed by atoms with van der Waals surface area (Å²) in [4.78, 5) is 28.4. The molecule has 2 aromatic rings. The van der Waals surface area contributed by atoms with Crippen molar-refractivity contribution in [3.8, 4) is 5.69 Å². The quantitative estimate of drug-likeness (QED) is 0.434. The standard InChI is InChI=1S/C21H21N3O2S2/c1-14-18(20(26)24(22(14)2)16-11-7-4-8-12-16)23-19(25)17(28-21(23)27)13-15-9-5-3-6-10-15/h3-5,7-8,11-13,15H,6,9-10H2,1-2H3/b17-13-. The third-order valence-corrected chi connectivity index (χ3v) is 6.56. The molecule has 1 aliphatic carbocycles. The van der Waals surface area contributed by atoms with Gasteiger partial charge in [0.2, 0.25) is 0 Å². The van der Waals surface area contributed by atoms with E-state index in [9.17, 15) is 9.59 Å². The van der Waals surface area contributed by atoms with Gasteiger partial charge in [-0.1, -0.05) is 60.4 Å².